The molecule has 0 atom stereocenters. The van der Waals surface area contributed by atoms with Gasteiger partial charge in [0.05, 0.1) is 22.2 Å². The first-order valence-corrected chi connectivity index (χ1v) is 12.6. The van der Waals surface area contributed by atoms with Crippen molar-refractivity contribution in [1.29, 1.82) is 0 Å². The van der Waals surface area contributed by atoms with Crippen LogP contribution in [0.3, 0.4) is 0 Å². The first-order valence-electron chi connectivity index (χ1n) is 12.6. The van der Waals surface area contributed by atoms with Gasteiger partial charge >= 0.3 is 0 Å². The minimum absolute atomic E-state index is 0.255. The summed E-state index contributed by atoms with van der Waals surface area (Å²) in [4.78, 5) is 31.2. The first-order chi connectivity index (χ1) is 17.3. The van der Waals surface area contributed by atoms with Gasteiger partial charge in [0.1, 0.15) is 11.4 Å². The number of benzene rings is 2. The molecule has 5 rings (SSSR count). The maximum absolute atomic E-state index is 13.1. The number of H-pyrrole nitrogens is 2. The highest BCUT2D eigenvalue weighted by Crippen LogP contribution is 2.33. The van der Waals surface area contributed by atoms with Crippen LogP contribution in [0.1, 0.15) is 13.8 Å². The lowest BCUT2D eigenvalue weighted by atomic mass is 10.1. The third kappa shape index (κ3) is 4.64. The van der Waals surface area contributed by atoms with Crippen molar-refractivity contribution in [2.45, 2.75) is 19.9 Å². The van der Waals surface area contributed by atoms with Crippen LogP contribution in [0.2, 0.25) is 0 Å². The Morgan fingerprint density at radius 1 is 1.08 bits per heavy atom. The number of fused-ring (bicyclic) bond motifs is 2. The number of hydrogen-bond donors (Lipinski definition) is 4. The lowest BCUT2D eigenvalue weighted by molar-refractivity contribution is 0.209. The topological polar surface area (TPSA) is 109 Å². The van der Waals surface area contributed by atoms with E-state index in [1.54, 1.807) is 0 Å². The number of anilines is 3. The van der Waals surface area contributed by atoms with Gasteiger partial charge in [-0.1, -0.05) is 6.07 Å². The summed E-state index contributed by atoms with van der Waals surface area (Å²) in [6, 6.07) is 12.6. The molecule has 5 N–H and O–H groups in total. The Morgan fingerprint density at radius 3 is 2.58 bits per heavy atom. The molecule has 190 valence electrons. The number of imidazole rings is 1. The molecule has 0 unspecified atom stereocenters. The summed E-state index contributed by atoms with van der Waals surface area (Å²) >= 11 is 0. The van der Waals surface area contributed by atoms with Gasteiger partial charge in [0.2, 0.25) is 0 Å². The van der Waals surface area contributed by atoms with Crippen LogP contribution >= 0.6 is 0 Å². The Labute approximate surface area is 211 Å². The van der Waals surface area contributed by atoms with E-state index in [-0.39, 0.29) is 5.56 Å². The van der Waals surface area contributed by atoms with Crippen molar-refractivity contribution >= 4 is 39.0 Å². The van der Waals surface area contributed by atoms with Crippen molar-refractivity contribution in [3.63, 3.8) is 0 Å². The highest BCUT2D eigenvalue weighted by molar-refractivity contribution is 6.05. The number of aromatic amines is 2. The van der Waals surface area contributed by atoms with E-state index < -0.39 is 0 Å². The zero-order chi connectivity index (χ0) is 25.4. The number of nitrogens with one attached hydrogen (secondary N) is 3. The molecular weight excluding hydrogens is 452 g/mol. The summed E-state index contributed by atoms with van der Waals surface area (Å²) in [5, 5.41) is 4.26. The van der Waals surface area contributed by atoms with Crippen LogP contribution in [-0.4, -0.2) is 84.2 Å². The number of piperazine rings is 1. The number of rotatable bonds is 7. The van der Waals surface area contributed by atoms with Gasteiger partial charge in [-0.05, 0) is 58.3 Å². The second kappa shape index (κ2) is 9.83. The molecule has 0 saturated carbocycles. The van der Waals surface area contributed by atoms with Crippen molar-refractivity contribution in [3.8, 4) is 11.4 Å². The van der Waals surface area contributed by atoms with Crippen LogP contribution in [0, 0.1) is 0 Å². The summed E-state index contributed by atoms with van der Waals surface area (Å²) in [6.45, 7) is 10.2. The monoisotopic (exact) mass is 488 g/mol. The third-order valence-corrected chi connectivity index (χ3v) is 7.06. The molecule has 4 aromatic rings. The normalized spacial score (nSPS) is 15.0. The highest BCUT2D eigenvalue weighted by Gasteiger charge is 2.21. The van der Waals surface area contributed by atoms with Gasteiger partial charge in [-0.15, -0.1) is 0 Å². The lowest BCUT2D eigenvalue weighted by Crippen LogP contribution is -2.48. The Hall–Kier alpha value is -3.56. The molecule has 3 heterocycles. The van der Waals surface area contributed by atoms with Crippen LogP contribution in [0.4, 0.5) is 17.1 Å². The van der Waals surface area contributed by atoms with E-state index in [2.05, 4.69) is 56.0 Å². The molecule has 2 aromatic heterocycles. The second-order valence-corrected chi connectivity index (χ2v) is 10.1. The average molecular weight is 489 g/mol. The number of pyridine rings is 1. The molecule has 0 bridgehead atoms. The van der Waals surface area contributed by atoms with Crippen molar-refractivity contribution in [1.82, 2.24) is 24.8 Å². The molecule has 0 amide bonds. The summed E-state index contributed by atoms with van der Waals surface area (Å²) in [5.74, 6) is 0.482. The number of nitrogen functional groups attached to an aromatic ring is 1. The largest absolute Gasteiger partial charge is 0.397 e. The van der Waals surface area contributed by atoms with E-state index in [9.17, 15) is 4.79 Å². The predicted octanol–water partition coefficient (Wildman–Crippen LogP) is 3.16. The maximum Gasteiger partial charge on any atom is 0.261 e. The molecule has 0 spiro atoms. The maximum atomic E-state index is 13.1. The third-order valence-electron chi connectivity index (χ3n) is 7.06. The average Bonchev–Trinajstić information content (AvgIpc) is 3.26. The molecule has 1 aliphatic rings. The van der Waals surface area contributed by atoms with E-state index in [4.69, 9.17) is 10.7 Å². The number of hydrogen-bond acceptors (Lipinski definition) is 7. The quantitative estimate of drug-likeness (QED) is 0.316. The standard InChI is InChI=1S/C27H36N8O/c1-17(2)34-12-14-35(15-13-34)18-8-9-19-22(16-18)31-26(30-19)24-25(28)23-20(29-10-11-33(3)4)6-5-7-21(23)32-27(24)36/h5-9,16-17,29H,10-15H2,1-4H3,(H,30,31)(H3,28,32,36). The number of likely N-dealkylation sites (N-methyl/N-ethyl adjacent to an activating group) is 1. The Kier molecular flexibility index (Phi) is 6.59. The van der Waals surface area contributed by atoms with Gasteiger partial charge in [-0.25, -0.2) is 4.98 Å². The molecule has 1 saturated heterocycles. The molecule has 9 nitrogen and oxygen atoms in total. The van der Waals surface area contributed by atoms with Gasteiger partial charge in [0.15, 0.2) is 0 Å². The van der Waals surface area contributed by atoms with Crippen molar-refractivity contribution < 1.29 is 0 Å². The van der Waals surface area contributed by atoms with Crippen LogP contribution in [0.15, 0.2) is 41.2 Å². The Morgan fingerprint density at radius 2 is 1.86 bits per heavy atom. The van der Waals surface area contributed by atoms with Gasteiger partial charge in [0, 0.05) is 62.1 Å². The summed E-state index contributed by atoms with van der Waals surface area (Å²) in [6.07, 6.45) is 0. The van der Waals surface area contributed by atoms with Crippen LogP contribution in [0.5, 0.6) is 0 Å². The SMILES string of the molecule is CC(C)N1CCN(c2ccc3nc(-c4c(N)c5c(NCCN(C)C)cccc5[nH]c4=O)[nH]c3c2)CC1. The lowest BCUT2D eigenvalue weighted by Gasteiger charge is -2.38. The Balaban J connectivity index is 1.49. The summed E-state index contributed by atoms with van der Waals surface area (Å²) in [5.41, 5.74) is 11.6. The highest BCUT2D eigenvalue weighted by atomic mass is 16.1. The molecule has 2 aromatic carbocycles. The van der Waals surface area contributed by atoms with Gasteiger partial charge in [-0.2, -0.15) is 0 Å². The van der Waals surface area contributed by atoms with Crippen LogP contribution in [-0.2, 0) is 0 Å². The van der Waals surface area contributed by atoms with Crippen molar-refractivity contribution in [2.75, 3.05) is 69.3 Å². The number of nitrogens with two attached hydrogens (primary N) is 1. The molecule has 0 aliphatic carbocycles. The smallest absolute Gasteiger partial charge is 0.261 e. The second-order valence-electron chi connectivity index (χ2n) is 10.1. The van der Waals surface area contributed by atoms with E-state index >= 15 is 0 Å². The zero-order valence-electron chi connectivity index (χ0n) is 21.6. The van der Waals surface area contributed by atoms with Gasteiger partial charge < -0.3 is 30.8 Å². The molecular formula is C27H36N8O. The first kappa shape index (κ1) is 24.1. The van der Waals surface area contributed by atoms with Crippen molar-refractivity contribution in [3.05, 3.63) is 46.8 Å². The molecule has 36 heavy (non-hydrogen) atoms. The van der Waals surface area contributed by atoms with Crippen molar-refractivity contribution in [2.24, 2.45) is 0 Å². The van der Waals surface area contributed by atoms with E-state index in [0.717, 1.165) is 67.1 Å². The predicted molar refractivity (Wildman–Crippen MR) is 150 cm³/mol. The zero-order valence-corrected chi connectivity index (χ0v) is 21.6. The molecule has 0 radical (unpaired) electrons. The van der Waals surface area contributed by atoms with Gasteiger partial charge in [0.25, 0.3) is 5.56 Å². The molecule has 9 heteroatoms. The minimum atomic E-state index is -0.255. The molecule has 1 aliphatic heterocycles. The Bertz CT molecular complexity index is 1430. The van der Waals surface area contributed by atoms with Gasteiger partial charge in [-0.3, -0.25) is 9.69 Å². The number of aromatic nitrogens is 3. The van der Waals surface area contributed by atoms with E-state index in [0.29, 0.717) is 28.6 Å². The minimum Gasteiger partial charge on any atom is -0.397 e. The fourth-order valence-corrected chi connectivity index (χ4v) is 4.98. The van der Waals surface area contributed by atoms with E-state index in [1.807, 2.05) is 38.4 Å². The number of nitrogens with zero attached hydrogens (tertiary/aromatic N) is 4. The summed E-state index contributed by atoms with van der Waals surface area (Å²) in [7, 11) is 4.07. The van der Waals surface area contributed by atoms with E-state index in [1.165, 1.54) is 0 Å². The van der Waals surface area contributed by atoms with Crippen LogP contribution in [0.25, 0.3) is 33.3 Å². The summed E-state index contributed by atoms with van der Waals surface area (Å²) < 4.78 is 0. The fourth-order valence-electron chi connectivity index (χ4n) is 4.98. The fraction of sp³-hybridized carbons (Fsp3) is 0.407. The molecule has 1 fully saturated rings. The van der Waals surface area contributed by atoms with Crippen LogP contribution < -0.4 is 21.5 Å².